The van der Waals surface area contributed by atoms with Crippen molar-refractivity contribution in [3.05, 3.63) is 12.2 Å². The number of rotatable bonds is 29. The van der Waals surface area contributed by atoms with Gasteiger partial charge in [-0.25, -0.2) is 0 Å². The Bertz CT molecular complexity index is 665. The number of hydrogen-bond donors (Lipinski definition) is 0. The van der Waals surface area contributed by atoms with Gasteiger partial charge in [-0.3, -0.25) is 14.4 Å². The van der Waals surface area contributed by atoms with Crippen LogP contribution in [0.1, 0.15) is 168 Å². The van der Waals surface area contributed by atoms with E-state index in [-0.39, 0.29) is 33.9 Å². The first-order valence-electron chi connectivity index (χ1n) is 17.8. The molecule has 0 aromatic carbocycles. The lowest BCUT2D eigenvalue weighted by molar-refractivity contribution is -0.144. The van der Waals surface area contributed by atoms with Crippen LogP contribution < -0.4 is 0 Å². The van der Waals surface area contributed by atoms with Crippen molar-refractivity contribution in [1.29, 1.82) is 0 Å². The van der Waals surface area contributed by atoms with E-state index in [4.69, 9.17) is 9.47 Å². The molecule has 244 valence electrons. The molecule has 0 saturated heterocycles. The highest BCUT2D eigenvalue weighted by molar-refractivity contribution is 7.98. The second kappa shape index (κ2) is 28.5. The number of carbonyl (C=O) groups is 3. The van der Waals surface area contributed by atoms with Gasteiger partial charge in [0.15, 0.2) is 5.25 Å². The first-order chi connectivity index (χ1) is 20.6. The van der Waals surface area contributed by atoms with Crippen LogP contribution in [0.25, 0.3) is 0 Å². The van der Waals surface area contributed by atoms with Gasteiger partial charge < -0.3 is 9.47 Å². The molecule has 0 bridgehead atoms. The van der Waals surface area contributed by atoms with Crippen molar-refractivity contribution >= 4 is 28.6 Å². The highest BCUT2D eigenvalue weighted by Gasteiger charge is 2.37. The number of hydrogen-bond acceptors (Lipinski definition) is 5. The number of esters is 2. The monoisotopic (exact) mass is 609 g/mol. The fourth-order valence-corrected chi connectivity index (χ4v) is 8.05. The fourth-order valence-electron chi connectivity index (χ4n) is 5.54. The van der Waals surface area contributed by atoms with Crippen LogP contribution in [0.2, 0.25) is 0 Å². The quantitative estimate of drug-likeness (QED) is 0.0480. The van der Waals surface area contributed by atoms with Gasteiger partial charge in [0.05, 0.1) is 26.1 Å². The van der Waals surface area contributed by atoms with Gasteiger partial charge in [0.25, 0.3) is 0 Å². The molecule has 0 amide bonds. The lowest BCUT2D eigenvalue weighted by atomic mass is 10.1. The molecule has 0 saturated carbocycles. The van der Waals surface area contributed by atoms with E-state index < -0.39 is 0 Å². The average Bonchev–Trinajstić information content (AvgIpc) is 2.99. The summed E-state index contributed by atoms with van der Waals surface area (Å²) < 4.78 is 11.0. The Labute approximate surface area is 262 Å². The Balaban J connectivity index is 2.19. The smallest absolute Gasteiger partial charge is 0.310 e. The van der Waals surface area contributed by atoms with E-state index in [1.807, 2.05) is 6.08 Å². The summed E-state index contributed by atoms with van der Waals surface area (Å²) in [6.07, 6.45) is 31.0. The third-order valence-corrected chi connectivity index (χ3v) is 11.0. The van der Waals surface area contributed by atoms with Crippen LogP contribution in [0.3, 0.4) is 0 Å². The second-order valence-electron chi connectivity index (χ2n) is 12.1. The summed E-state index contributed by atoms with van der Waals surface area (Å²) in [6.45, 7) is 5.47. The molecule has 1 unspecified atom stereocenters. The summed E-state index contributed by atoms with van der Waals surface area (Å²) in [5, 5.41) is -0.0838. The normalized spacial score (nSPS) is 14.9. The lowest BCUT2D eigenvalue weighted by Gasteiger charge is -2.19. The minimum absolute atomic E-state index is 0.0838. The molecule has 0 radical (unpaired) electrons. The molecule has 1 atom stereocenters. The molecule has 42 heavy (non-hydrogen) atoms. The fraction of sp³-hybridized carbons (Fsp3) is 0.861. The maximum atomic E-state index is 12.6. The Morgan fingerprint density at radius 2 is 1.02 bits per heavy atom. The van der Waals surface area contributed by atoms with Gasteiger partial charge in [-0.2, -0.15) is 0 Å². The van der Waals surface area contributed by atoms with Crippen LogP contribution in [0.5, 0.6) is 0 Å². The van der Waals surface area contributed by atoms with Crippen LogP contribution in [0, 0.1) is 0 Å². The molecule has 5 nitrogen and oxygen atoms in total. The maximum absolute atomic E-state index is 12.6. The zero-order valence-electron chi connectivity index (χ0n) is 27.5. The molecule has 0 fully saturated rings. The molecule has 1 rings (SSSR count). The third kappa shape index (κ3) is 22.3. The van der Waals surface area contributed by atoms with E-state index in [9.17, 15) is 14.4 Å². The predicted octanol–water partition coefficient (Wildman–Crippen LogP) is 9.60. The second-order valence-corrected chi connectivity index (χ2v) is 14.6. The molecule has 1 aliphatic carbocycles. The van der Waals surface area contributed by atoms with Crippen molar-refractivity contribution in [2.45, 2.75) is 173 Å². The Morgan fingerprint density at radius 3 is 1.40 bits per heavy atom. The molecule has 0 N–H and O–H groups in total. The maximum Gasteiger partial charge on any atom is 0.310 e. The van der Waals surface area contributed by atoms with E-state index in [1.165, 1.54) is 103 Å². The lowest BCUT2D eigenvalue weighted by Crippen LogP contribution is -2.36. The van der Waals surface area contributed by atoms with Gasteiger partial charge in [0.1, 0.15) is 11.5 Å². The van der Waals surface area contributed by atoms with Gasteiger partial charge in [-0.05, 0) is 36.2 Å². The zero-order chi connectivity index (χ0) is 30.5. The Morgan fingerprint density at radius 1 is 0.643 bits per heavy atom. The van der Waals surface area contributed by atoms with Gasteiger partial charge in [0, 0.05) is 6.42 Å². The first-order valence-corrected chi connectivity index (χ1v) is 19.4. The molecule has 0 aromatic rings. The summed E-state index contributed by atoms with van der Waals surface area (Å²) >= 11 is 0. The molecule has 6 heteroatoms. The van der Waals surface area contributed by atoms with Gasteiger partial charge in [0.2, 0.25) is 5.78 Å². The Kier molecular flexibility index (Phi) is 26.2. The number of ketones is 1. The van der Waals surface area contributed by atoms with Crippen molar-refractivity contribution in [2.24, 2.45) is 0 Å². The van der Waals surface area contributed by atoms with E-state index in [0.717, 1.165) is 38.5 Å². The number of carbonyl (C=O) groups excluding carboxylic acids is 3. The minimum atomic E-state index is -0.317. The summed E-state index contributed by atoms with van der Waals surface area (Å²) in [5.74, 6) is 1.03. The average molecular weight is 610 g/mol. The number of unbranched alkanes of at least 4 members (excludes halogenated alkanes) is 18. The Hall–Kier alpha value is -1.30. The standard InChI is InChI=1S/C36H65O5S/c1-3-5-7-9-11-13-15-17-19-23-29-40-35(38)27-31-42(34-26-22-21-25-33(34)37)32-28-36(39)41-30-24-20-18-16-14-12-10-8-6-4-2/h21,25,34H,3-20,22-24,26-32H2,1-2H3/q+1. The van der Waals surface area contributed by atoms with E-state index in [2.05, 4.69) is 13.8 Å². The molecule has 1 aliphatic rings. The van der Waals surface area contributed by atoms with Gasteiger partial charge in [-0.1, -0.05) is 135 Å². The summed E-state index contributed by atoms with van der Waals surface area (Å²) in [6, 6.07) is 0. The topological polar surface area (TPSA) is 69.7 Å². The summed E-state index contributed by atoms with van der Waals surface area (Å²) in [4.78, 5) is 37.4. The van der Waals surface area contributed by atoms with Crippen molar-refractivity contribution in [1.82, 2.24) is 0 Å². The minimum Gasteiger partial charge on any atom is -0.466 e. The summed E-state index contributed by atoms with van der Waals surface area (Å²) in [5.41, 5.74) is 0. The zero-order valence-corrected chi connectivity index (χ0v) is 28.3. The van der Waals surface area contributed by atoms with Crippen LogP contribution in [0.15, 0.2) is 12.2 Å². The van der Waals surface area contributed by atoms with Crippen molar-refractivity contribution < 1.29 is 23.9 Å². The third-order valence-electron chi connectivity index (χ3n) is 8.26. The number of ether oxygens (including phenoxy) is 2. The molecular weight excluding hydrogens is 544 g/mol. The molecular formula is C36H65O5S+. The summed E-state index contributed by atoms with van der Waals surface area (Å²) in [7, 11) is -0.317. The molecule has 0 aromatic heterocycles. The van der Waals surface area contributed by atoms with E-state index >= 15 is 0 Å². The van der Waals surface area contributed by atoms with Crippen LogP contribution in [-0.2, 0) is 34.8 Å². The number of allylic oxidation sites excluding steroid dienone is 2. The van der Waals surface area contributed by atoms with E-state index in [1.54, 1.807) is 6.08 Å². The van der Waals surface area contributed by atoms with Crippen molar-refractivity contribution in [3.8, 4) is 0 Å². The predicted molar refractivity (Wildman–Crippen MR) is 179 cm³/mol. The highest BCUT2D eigenvalue weighted by Crippen LogP contribution is 2.21. The van der Waals surface area contributed by atoms with Crippen LogP contribution in [-0.4, -0.2) is 47.7 Å². The SMILES string of the molecule is CCCCCCCCCCCCOC(=O)CC[S+](CCC(=O)OCCCCCCCCCCCC)C1CCC=CC1=O. The van der Waals surface area contributed by atoms with Crippen LogP contribution >= 0.6 is 0 Å². The van der Waals surface area contributed by atoms with Crippen molar-refractivity contribution in [3.63, 3.8) is 0 Å². The van der Waals surface area contributed by atoms with Gasteiger partial charge in [-0.15, -0.1) is 0 Å². The first kappa shape index (κ1) is 38.7. The largest absolute Gasteiger partial charge is 0.466 e. The van der Waals surface area contributed by atoms with Gasteiger partial charge >= 0.3 is 11.9 Å². The van der Waals surface area contributed by atoms with Crippen LogP contribution in [0.4, 0.5) is 0 Å². The van der Waals surface area contributed by atoms with E-state index in [0.29, 0.717) is 37.6 Å². The van der Waals surface area contributed by atoms with Crippen molar-refractivity contribution in [2.75, 3.05) is 24.7 Å². The molecule has 0 aliphatic heterocycles. The molecule has 0 spiro atoms. The highest BCUT2D eigenvalue weighted by atomic mass is 32.2. The molecule has 0 heterocycles.